The van der Waals surface area contributed by atoms with Crippen molar-refractivity contribution in [2.24, 2.45) is 0 Å². The van der Waals surface area contributed by atoms with Crippen LogP contribution in [0.3, 0.4) is 0 Å². The number of methoxy groups -OCH3 is 1. The van der Waals surface area contributed by atoms with Crippen LogP contribution in [0.15, 0.2) is 24.3 Å². The molecular formula is C19H20O6. The molecular weight excluding hydrogens is 324 g/mol. The van der Waals surface area contributed by atoms with Gasteiger partial charge in [0, 0.05) is 11.6 Å². The minimum atomic E-state index is -0.597. The molecule has 0 bridgehead atoms. The van der Waals surface area contributed by atoms with Crippen molar-refractivity contribution in [2.75, 3.05) is 7.11 Å². The lowest BCUT2D eigenvalue weighted by Gasteiger charge is -2.16. The van der Waals surface area contributed by atoms with Crippen LogP contribution in [0.5, 0.6) is 17.2 Å². The summed E-state index contributed by atoms with van der Waals surface area (Å²) in [6.45, 7) is 3.46. The van der Waals surface area contributed by atoms with E-state index in [2.05, 4.69) is 4.74 Å². The first-order valence-corrected chi connectivity index (χ1v) is 7.77. The van der Waals surface area contributed by atoms with Gasteiger partial charge in [-0.1, -0.05) is 19.1 Å². The smallest absolute Gasteiger partial charge is 0.310 e. The number of carbonyl (C=O) groups excluding carboxylic acids is 2. The summed E-state index contributed by atoms with van der Waals surface area (Å²) in [5, 5.41) is 30.1. The molecule has 0 saturated carbocycles. The summed E-state index contributed by atoms with van der Waals surface area (Å²) >= 11 is 0. The monoisotopic (exact) mass is 344 g/mol. The van der Waals surface area contributed by atoms with E-state index in [-0.39, 0.29) is 34.6 Å². The zero-order valence-corrected chi connectivity index (χ0v) is 14.3. The van der Waals surface area contributed by atoms with Crippen LogP contribution in [0.1, 0.15) is 39.5 Å². The predicted molar refractivity (Wildman–Crippen MR) is 91.1 cm³/mol. The number of ketones is 1. The second kappa shape index (κ2) is 7.25. The number of phenols is 3. The van der Waals surface area contributed by atoms with Crippen molar-refractivity contribution in [3.8, 4) is 17.2 Å². The maximum absolute atomic E-state index is 12.9. The Bertz CT molecular complexity index is 838. The number of phenolic OH excluding ortho intramolecular Hbond substituents is 3. The summed E-state index contributed by atoms with van der Waals surface area (Å²) in [4.78, 5) is 24.6. The van der Waals surface area contributed by atoms with Crippen LogP contribution in [0.25, 0.3) is 0 Å². The highest BCUT2D eigenvalue weighted by Crippen LogP contribution is 2.35. The average molecular weight is 344 g/mol. The van der Waals surface area contributed by atoms with Gasteiger partial charge in [0.2, 0.25) is 0 Å². The molecule has 0 aromatic heterocycles. The van der Waals surface area contributed by atoms with Crippen molar-refractivity contribution in [1.82, 2.24) is 0 Å². The van der Waals surface area contributed by atoms with Gasteiger partial charge in [0.05, 0.1) is 19.1 Å². The maximum Gasteiger partial charge on any atom is 0.310 e. The van der Waals surface area contributed by atoms with Gasteiger partial charge in [-0.2, -0.15) is 0 Å². The number of hydrogen-bond donors (Lipinski definition) is 3. The molecule has 0 spiro atoms. The van der Waals surface area contributed by atoms with Gasteiger partial charge >= 0.3 is 5.97 Å². The molecule has 0 radical (unpaired) electrons. The standard InChI is InChI=1S/C19H20O6/c1-4-12-13(8-17(23)25-3)18(16(22)9-15(12)21)19(24)11-6-5-10(2)14(20)7-11/h5-7,9,20-22H,4,8H2,1-3H3. The zero-order valence-electron chi connectivity index (χ0n) is 14.3. The molecule has 3 N–H and O–H groups in total. The van der Waals surface area contributed by atoms with E-state index in [9.17, 15) is 24.9 Å². The molecule has 0 unspecified atom stereocenters. The van der Waals surface area contributed by atoms with Crippen molar-refractivity contribution in [2.45, 2.75) is 26.7 Å². The lowest BCUT2D eigenvalue weighted by molar-refractivity contribution is -0.139. The van der Waals surface area contributed by atoms with Gasteiger partial charge in [-0.25, -0.2) is 0 Å². The van der Waals surface area contributed by atoms with Gasteiger partial charge in [0.1, 0.15) is 17.2 Å². The van der Waals surface area contributed by atoms with Gasteiger partial charge in [-0.15, -0.1) is 0 Å². The van der Waals surface area contributed by atoms with Crippen LogP contribution in [0.2, 0.25) is 0 Å². The minimum Gasteiger partial charge on any atom is -0.508 e. The number of hydrogen-bond acceptors (Lipinski definition) is 6. The number of aromatic hydroxyl groups is 3. The molecule has 0 aliphatic carbocycles. The number of aryl methyl sites for hydroxylation is 1. The van der Waals surface area contributed by atoms with E-state index in [1.165, 1.54) is 19.2 Å². The lowest BCUT2D eigenvalue weighted by atomic mass is 9.90. The Hall–Kier alpha value is -3.02. The summed E-state index contributed by atoms with van der Waals surface area (Å²) in [6, 6.07) is 5.50. The Morgan fingerprint density at radius 1 is 1.00 bits per heavy atom. The molecule has 2 aromatic carbocycles. The fourth-order valence-electron chi connectivity index (χ4n) is 2.70. The van der Waals surface area contributed by atoms with Crippen LogP contribution in [0.4, 0.5) is 0 Å². The molecule has 6 heteroatoms. The molecule has 0 saturated heterocycles. The molecule has 2 rings (SSSR count). The number of benzene rings is 2. The van der Waals surface area contributed by atoms with Crippen LogP contribution in [-0.4, -0.2) is 34.2 Å². The number of carbonyl (C=O) groups is 2. The highest BCUT2D eigenvalue weighted by molar-refractivity contribution is 6.12. The van der Waals surface area contributed by atoms with Crippen LogP contribution < -0.4 is 0 Å². The molecule has 25 heavy (non-hydrogen) atoms. The second-order valence-electron chi connectivity index (χ2n) is 5.68. The summed E-state index contributed by atoms with van der Waals surface area (Å²) < 4.78 is 4.66. The van der Waals surface area contributed by atoms with Crippen LogP contribution in [0, 0.1) is 6.92 Å². The fourth-order valence-corrected chi connectivity index (χ4v) is 2.70. The molecule has 0 aliphatic rings. The van der Waals surface area contributed by atoms with Crippen LogP contribution in [-0.2, 0) is 22.4 Å². The highest BCUT2D eigenvalue weighted by Gasteiger charge is 2.25. The third kappa shape index (κ3) is 3.57. The molecule has 0 heterocycles. The number of rotatable bonds is 5. The second-order valence-corrected chi connectivity index (χ2v) is 5.68. The summed E-state index contributed by atoms with van der Waals surface area (Å²) in [5.41, 5.74) is 1.30. The Morgan fingerprint density at radius 3 is 2.24 bits per heavy atom. The first kappa shape index (κ1) is 18.3. The van der Waals surface area contributed by atoms with Gasteiger partial charge in [0.25, 0.3) is 0 Å². The lowest BCUT2D eigenvalue weighted by Crippen LogP contribution is -2.14. The Labute approximate surface area is 145 Å². The van der Waals surface area contributed by atoms with Gasteiger partial charge < -0.3 is 20.1 Å². The average Bonchev–Trinajstić information content (AvgIpc) is 2.56. The Morgan fingerprint density at radius 2 is 1.68 bits per heavy atom. The minimum absolute atomic E-state index is 0.0469. The normalized spacial score (nSPS) is 10.5. The quantitative estimate of drug-likeness (QED) is 0.569. The molecule has 0 fully saturated rings. The highest BCUT2D eigenvalue weighted by atomic mass is 16.5. The molecule has 0 atom stereocenters. The molecule has 6 nitrogen and oxygen atoms in total. The number of esters is 1. The molecule has 0 amide bonds. The summed E-state index contributed by atoms with van der Waals surface area (Å²) in [6.07, 6.45) is 0.0957. The van der Waals surface area contributed by atoms with Gasteiger partial charge in [-0.05, 0) is 36.1 Å². The third-order valence-corrected chi connectivity index (χ3v) is 4.11. The van der Waals surface area contributed by atoms with Crippen molar-refractivity contribution >= 4 is 11.8 Å². The SMILES string of the molecule is CCc1c(O)cc(O)c(C(=O)c2ccc(C)c(O)c2)c1CC(=O)OC. The van der Waals surface area contributed by atoms with Gasteiger partial charge in [0.15, 0.2) is 5.78 Å². The van der Waals surface area contributed by atoms with E-state index in [1.807, 2.05) is 0 Å². The first-order valence-electron chi connectivity index (χ1n) is 7.77. The van der Waals surface area contributed by atoms with E-state index in [4.69, 9.17) is 0 Å². The summed E-state index contributed by atoms with van der Waals surface area (Å²) in [5.74, 6) is -1.82. The van der Waals surface area contributed by atoms with E-state index >= 15 is 0 Å². The van der Waals surface area contributed by atoms with E-state index in [0.29, 0.717) is 17.5 Å². The van der Waals surface area contributed by atoms with E-state index < -0.39 is 17.5 Å². The summed E-state index contributed by atoms with van der Waals surface area (Å²) in [7, 11) is 1.22. The Balaban J connectivity index is 2.67. The fraction of sp³-hybridized carbons (Fsp3) is 0.263. The molecule has 2 aromatic rings. The topological polar surface area (TPSA) is 104 Å². The first-order chi connectivity index (χ1) is 11.8. The van der Waals surface area contributed by atoms with Crippen molar-refractivity contribution in [3.63, 3.8) is 0 Å². The number of ether oxygens (including phenoxy) is 1. The zero-order chi connectivity index (χ0) is 18.7. The van der Waals surface area contributed by atoms with E-state index in [1.54, 1.807) is 19.9 Å². The van der Waals surface area contributed by atoms with Crippen molar-refractivity contribution in [3.05, 3.63) is 52.1 Å². The molecule has 0 aliphatic heterocycles. The Kier molecular flexibility index (Phi) is 5.32. The van der Waals surface area contributed by atoms with E-state index in [0.717, 1.165) is 6.07 Å². The van der Waals surface area contributed by atoms with Crippen LogP contribution >= 0.6 is 0 Å². The van der Waals surface area contributed by atoms with Gasteiger partial charge in [-0.3, -0.25) is 9.59 Å². The molecule has 132 valence electrons. The van der Waals surface area contributed by atoms with Crippen molar-refractivity contribution < 1.29 is 29.6 Å². The van der Waals surface area contributed by atoms with Crippen molar-refractivity contribution in [1.29, 1.82) is 0 Å². The largest absolute Gasteiger partial charge is 0.508 e. The third-order valence-electron chi connectivity index (χ3n) is 4.11. The predicted octanol–water partition coefficient (Wildman–Crippen LogP) is 2.62. The maximum atomic E-state index is 12.9.